The second kappa shape index (κ2) is 8.00. The number of hydrogen-bond acceptors (Lipinski definition) is 5. The van der Waals surface area contributed by atoms with E-state index in [1.165, 1.54) is 17.7 Å². The summed E-state index contributed by atoms with van der Waals surface area (Å²) in [6.07, 6.45) is 4.88. The molecule has 3 aromatic heterocycles. The highest BCUT2D eigenvalue weighted by Gasteiger charge is 2.15. The van der Waals surface area contributed by atoms with E-state index in [2.05, 4.69) is 15.5 Å². The van der Waals surface area contributed by atoms with Gasteiger partial charge in [0.15, 0.2) is 0 Å². The molecule has 0 aliphatic carbocycles. The first-order valence-electron chi connectivity index (χ1n) is 9.62. The molecule has 0 bridgehead atoms. The Morgan fingerprint density at radius 2 is 1.77 bits per heavy atom. The number of thiophene rings is 1. The lowest BCUT2D eigenvalue weighted by Crippen LogP contribution is -2.33. The lowest BCUT2D eigenvalue weighted by molar-refractivity contribution is -0.116. The average Bonchev–Trinajstić information content (AvgIpc) is 3.44. The van der Waals surface area contributed by atoms with Crippen molar-refractivity contribution in [1.29, 1.82) is 0 Å². The van der Waals surface area contributed by atoms with E-state index < -0.39 is 0 Å². The minimum Gasteiger partial charge on any atom is -0.273 e. The first-order valence-corrected chi connectivity index (χ1v) is 10.5. The van der Waals surface area contributed by atoms with E-state index in [9.17, 15) is 9.59 Å². The van der Waals surface area contributed by atoms with Gasteiger partial charge >= 0.3 is 0 Å². The van der Waals surface area contributed by atoms with Crippen molar-refractivity contribution >= 4 is 27.5 Å². The van der Waals surface area contributed by atoms with Crippen LogP contribution in [0.2, 0.25) is 0 Å². The SMILES string of the molecule is O=C(Cc1cnn(-c2ccccc2)c1)Nn1cnc2scc(-c3ccccc3)c2c1=O. The van der Waals surface area contributed by atoms with Crippen LogP contribution in [-0.2, 0) is 11.2 Å². The number of benzene rings is 2. The number of hydrogen-bond donors (Lipinski definition) is 1. The Kier molecular flexibility index (Phi) is 4.89. The highest BCUT2D eigenvalue weighted by molar-refractivity contribution is 7.17. The zero-order chi connectivity index (χ0) is 21.2. The summed E-state index contributed by atoms with van der Waals surface area (Å²) in [6.45, 7) is 0. The van der Waals surface area contributed by atoms with Crippen LogP contribution in [0.15, 0.2) is 89.6 Å². The molecule has 31 heavy (non-hydrogen) atoms. The fraction of sp³-hybridized carbons (Fsp3) is 0.0435. The minimum atomic E-state index is -0.327. The van der Waals surface area contributed by atoms with Gasteiger partial charge in [0.05, 0.1) is 23.7 Å². The third-order valence-electron chi connectivity index (χ3n) is 4.85. The average molecular weight is 427 g/mol. The van der Waals surface area contributed by atoms with Gasteiger partial charge in [0.2, 0.25) is 5.91 Å². The van der Waals surface area contributed by atoms with Gasteiger partial charge in [-0.1, -0.05) is 48.5 Å². The van der Waals surface area contributed by atoms with Crippen molar-refractivity contribution < 1.29 is 4.79 Å². The second-order valence-corrected chi connectivity index (χ2v) is 7.81. The number of para-hydroxylation sites is 1. The molecule has 0 saturated heterocycles. The first kappa shape index (κ1) is 19.0. The molecule has 5 rings (SSSR count). The highest BCUT2D eigenvalue weighted by atomic mass is 32.1. The van der Waals surface area contributed by atoms with Crippen molar-refractivity contribution in [2.45, 2.75) is 6.42 Å². The molecule has 0 unspecified atom stereocenters. The van der Waals surface area contributed by atoms with E-state index in [0.717, 1.165) is 27.1 Å². The summed E-state index contributed by atoms with van der Waals surface area (Å²) in [5, 5.41) is 6.71. The van der Waals surface area contributed by atoms with Gasteiger partial charge in [0.1, 0.15) is 11.2 Å². The molecule has 0 saturated carbocycles. The van der Waals surface area contributed by atoms with Crippen molar-refractivity contribution in [2.75, 3.05) is 5.43 Å². The number of rotatable bonds is 5. The van der Waals surface area contributed by atoms with Gasteiger partial charge in [-0.2, -0.15) is 5.10 Å². The largest absolute Gasteiger partial charge is 0.281 e. The fourth-order valence-electron chi connectivity index (χ4n) is 3.37. The van der Waals surface area contributed by atoms with Crippen LogP contribution in [0.1, 0.15) is 5.56 Å². The summed E-state index contributed by atoms with van der Waals surface area (Å²) in [7, 11) is 0. The van der Waals surface area contributed by atoms with Gasteiger partial charge in [-0.15, -0.1) is 11.3 Å². The first-order chi connectivity index (χ1) is 15.2. The molecule has 3 heterocycles. The van der Waals surface area contributed by atoms with E-state index in [-0.39, 0.29) is 17.9 Å². The standard InChI is InChI=1S/C23H17N5O2S/c29-20(11-16-12-25-27(13-16)18-9-5-2-6-10-18)26-28-15-24-22-21(23(28)30)19(14-31-22)17-7-3-1-4-8-17/h1-10,12-15H,11H2,(H,26,29). The Labute approximate surface area is 181 Å². The number of amides is 1. The van der Waals surface area contributed by atoms with Crippen molar-refractivity contribution in [3.05, 3.63) is 101 Å². The number of carbonyl (C=O) groups is 1. The minimum absolute atomic E-state index is 0.0898. The number of aromatic nitrogens is 4. The molecule has 1 N–H and O–H groups in total. The zero-order valence-corrected chi connectivity index (χ0v) is 17.1. The summed E-state index contributed by atoms with van der Waals surface area (Å²) >= 11 is 1.41. The number of fused-ring (bicyclic) bond motifs is 1. The Bertz CT molecular complexity index is 1420. The van der Waals surface area contributed by atoms with Crippen LogP contribution in [0.4, 0.5) is 0 Å². The van der Waals surface area contributed by atoms with Gasteiger partial charge in [-0.3, -0.25) is 15.0 Å². The van der Waals surface area contributed by atoms with Crippen molar-refractivity contribution in [1.82, 2.24) is 19.4 Å². The van der Waals surface area contributed by atoms with Crippen LogP contribution in [0.5, 0.6) is 0 Å². The normalized spacial score (nSPS) is 11.0. The predicted octanol–water partition coefficient (Wildman–Crippen LogP) is 3.62. The predicted molar refractivity (Wildman–Crippen MR) is 121 cm³/mol. The summed E-state index contributed by atoms with van der Waals surface area (Å²) in [5.41, 5.74) is 5.73. The van der Waals surface area contributed by atoms with E-state index in [1.54, 1.807) is 17.1 Å². The molecule has 0 aliphatic heterocycles. The Hall–Kier alpha value is -4.04. The molecule has 152 valence electrons. The van der Waals surface area contributed by atoms with E-state index >= 15 is 0 Å². The summed E-state index contributed by atoms with van der Waals surface area (Å²) in [4.78, 5) is 30.6. The van der Waals surface area contributed by atoms with Gasteiger partial charge in [-0.05, 0) is 23.3 Å². The molecule has 7 nitrogen and oxygen atoms in total. The van der Waals surface area contributed by atoms with Crippen LogP contribution >= 0.6 is 11.3 Å². The maximum absolute atomic E-state index is 13.1. The van der Waals surface area contributed by atoms with Crippen molar-refractivity contribution in [3.8, 4) is 16.8 Å². The quantitative estimate of drug-likeness (QED) is 0.464. The Morgan fingerprint density at radius 3 is 2.55 bits per heavy atom. The van der Waals surface area contributed by atoms with Crippen LogP contribution < -0.4 is 11.0 Å². The summed E-state index contributed by atoms with van der Waals surface area (Å²) in [6, 6.07) is 19.3. The van der Waals surface area contributed by atoms with Gasteiger partial charge in [-0.25, -0.2) is 14.3 Å². The molecule has 0 radical (unpaired) electrons. The molecule has 5 aromatic rings. The molecule has 0 spiro atoms. The molecule has 2 aromatic carbocycles. The fourth-order valence-corrected chi connectivity index (χ4v) is 4.28. The third-order valence-corrected chi connectivity index (χ3v) is 5.73. The van der Waals surface area contributed by atoms with E-state index in [1.807, 2.05) is 66.0 Å². The molecule has 1 amide bonds. The topological polar surface area (TPSA) is 81.8 Å². The number of nitrogens with one attached hydrogen (secondary N) is 1. The van der Waals surface area contributed by atoms with Crippen LogP contribution in [0, 0.1) is 0 Å². The summed E-state index contributed by atoms with van der Waals surface area (Å²) in [5.74, 6) is -0.327. The molecule has 8 heteroatoms. The molecule has 0 atom stereocenters. The lowest BCUT2D eigenvalue weighted by atomic mass is 10.1. The summed E-state index contributed by atoms with van der Waals surface area (Å²) < 4.78 is 2.85. The smallest absolute Gasteiger partial charge is 0.273 e. The van der Waals surface area contributed by atoms with E-state index in [4.69, 9.17) is 0 Å². The van der Waals surface area contributed by atoms with Crippen molar-refractivity contribution in [3.63, 3.8) is 0 Å². The second-order valence-electron chi connectivity index (χ2n) is 6.96. The molecular weight excluding hydrogens is 410 g/mol. The monoisotopic (exact) mass is 427 g/mol. The zero-order valence-electron chi connectivity index (χ0n) is 16.3. The van der Waals surface area contributed by atoms with Gasteiger partial charge in [0.25, 0.3) is 5.56 Å². The van der Waals surface area contributed by atoms with Crippen LogP contribution in [-0.4, -0.2) is 25.3 Å². The number of nitrogens with zero attached hydrogens (tertiary/aromatic N) is 4. The lowest BCUT2D eigenvalue weighted by Gasteiger charge is -2.07. The molecule has 0 aliphatic rings. The molecular formula is C23H17N5O2S. The van der Waals surface area contributed by atoms with Gasteiger partial charge < -0.3 is 0 Å². The van der Waals surface area contributed by atoms with Crippen LogP contribution in [0.3, 0.4) is 0 Å². The van der Waals surface area contributed by atoms with E-state index in [0.29, 0.717) is 10.2 Å². The number of carbonyl (C=O) groups excluding carboxylic acids is 1. The molecule has 0 fully saturated rings. The maximum atomic E-state index is 13.1. The Morgan fingerprint density at radius 1 is 1.03 bits per heavy atom. The van der Waals surface area contributed by atoms with Crippen molar-refractivity contribution in [2.24, 2.45) is 0 Å². The maximum Gasteiger partial charge on any atom is 0.281 e. The van der Waals surface area contributed by atoms with Crippen LogP contribution in [0.25, 0.3) is 27.0 Å². The Balaban J connectivity index is 1.38. The highest BCUT2D eigenvalue weighted by Crippen LogP contribution is 2.30. The third kappa shape index (κ3) is 3.76. The van der Waals surface area contributed by atoms with Gasteiger partial charge in [0, 0.05) is 17.1 Å².